The van der Waals surface area contributed by atoms with E-state index in [0.29, 0.717) is 6.54 Å². The fourth-order valence-electron chi connectivity index (χ4n) is 2.09. The molecule has 1 heterocycles. The molecule has 1 fully saturated rings. The van der Waals surface area contributed by atoms with Crippen LogP contribution in [-0.2, 0) is 11.2 Å². The van der Waals surface area contributed by atoms with E-state index < -0.39 is 0 Å². The molecule has 0 unspecified atom stereocenters. The smallest absolute Gasteiger partial charge is 0.223 e. The minimum absolute atomic E-state index is 0.226. The van der Waals surface area contributed by atoms with Crippen molar-refractivity contribution in [1.29, 1.82) is 0 Å². The monoisotopic (exact) mass is 283 g/mol. The predicted molar refractivity (Wildman–Crippen MR) is 78.2 cm³/mol. The van der Waals surface area contributed by atoms with Crippen LogP contribution in [0.1, 0.15) is 18.4 Å². The van der Waals surface area contributed by atoms with Crippen LogP contribution in [0.2, 0.25) is 5.02 Å². The first-order chi connectivity index (χ1) is 8.75. The summed E-state index contributed by atoms with van der Waals surface area (Å²) >= 11 is 7.77. The van der Waals surface area contributed by atoms with Gasteiger partial charge in [-0.3, -0.25) is 4.79 Å². The first-order valence-corrected chi connectivity index (χ1v) is 7.89. The van der Waals surface area contributed by atoms with Crippen LogP contribution in [0.3, 0.4) is 0 Å². The molecule has 0 aromatic heterocycles. The molecule has 0 atom stereocenters. The normalized spacial score (nSPS) is 16.5. The molecule has 98 valence electrons. The summed E-state index contributed by atoms with van der Waals surface area (Å²) in [6.45, 7) is 0.712. The summed E-state index contributed by atoms with van der Waals surface area (Å²) in [6, 6.07) is 7.78. The molecule has 2 rings (SSSR count). The molecule has 0 spiro atoms. The molecule has 18 heavy (non-hydrogen) atoms. The van der Waals surface area contributed by atoms with Gasteiger partial charge in [-0.05, 0) is 48.5 Å². The van der Waals surface area contributed by atoms with Gasteiger partial charge in [-0.1, -0.05) is 23.7 Å². The summed E-state index contributed by atoms with van der Waals surface area (Å²) in [4.78, 5) is 11.9. The SMILES string of the molecule is O=C(NCCc1ccc(Cl)cc1)C1CCSCC1. The fourth-order valence-corrected chi connectivity index (χ4v) is 3.32. The molecule has 1 N–H and O–H groups in total. The summed E-state index contributed by atoms with van der Waals surface area (Å²) in [6.07, 6.45) is 2.92. The number of carbonyl (C=O) groups is 1. The first kappa shape index (κ1) is 13.8. The highest BCUT2D eigenvalue weighted by Crippen LogP contribution is 2.22. The van der Waals surface area contributed by atoms with Crippen molar-refractivity contribution in [3.8, 4) is 0 Å². The van der Waals surface area contributed by atoms with Gasteiger partial charge in [0, 0.05) is 17.5 Å². The van der Waals surface area contributed by atoms with E-state index >= 15 is 0 Å². The zero-order valence-electron chi connectivity index (χ0n) is 10.3. The number of halogens is 1. The standard InChI is InChI=1S/C14H18ClNOS/c15-13-3-1-11(2-4-13)5-8-16-14(17)12-6-9-18-10-7-12/h1-4,12H,5-10H2,(H,16,17). The van der Waals surface area contributed by atoms with Crippen molar-refractivity contribution in [2.45, 2.75) is 19.3 Å². The van der Waals surface area contributed by atoms with Gasteiger partial charge in [0.1, 0.15) is 0 Å². The van der Waals surface area contributed by atoms with E-state index in [1.54, 1.807) is 0 Å². The van der Waals surface area contributed by atoms with Crippen molar-refractivity contribution in [2.24, 2.45) is 5.92 Å². The van der Waals surface area contributed by atoms with Gasteiger partial charge in [0.15, 0.2) is 0 Å². The van der Waals surface area contributed by atoms with E-state index in [1.165, 1.54) is 5.56 Å². The molecule has 1 aliphatic rings. The second-order valence-corrected chi connectivity index (χ2v) is 6.22. The lowest BCUT2D eigenvalue weighted by atomic mass is 10.0. The average Bonchev–Trinajstić information content (AvgIpc) is 2.42. The molecule has 1 amide bonds. The number of hydrogen-bond donors (Lipinski definition) is 1. The maximum absolute atomic E-state index is 11.9. The Hall–Kier alpha value is -0.670. The zero-order valence-corrected chi connectivity index (χ0v) is 11.9. The van der Waals surface area contributed by atoms with E-state index in [9.17, 15) is 4.79 Å². The molecule has 1 saturated heterocycles. The Labute approximate surface area is 117 Å². The Morgan fingerprint density at radius 1 is 1.28 bits per heavy atom. The minimum Gasteiger partial charge on any atom is -0.356 e. The second kappa shape index (κ2) is 7.05. The third-order valence-electron chi connectivity index (χ3n) is 3.22. The molecule has 4 heteroatoms. The maximum Gasteiger partial charge on any atom is 0.223 e. The van der Waals surface area contributed by atoms with Gasteiger partial charge in [-0.25, -0.2) is 0 Å². The Bertz CT molecular complexity index is 387. The molecular weight excluding hydrogens is 266 g/mol. The Kier molecular flexibility index (Phi) is 5.39. The molecule has 0 radical (unpaired) electrons. The maximum atomic E-state index is 11.9. The molecule has 1 aliphatic heterocycles. The number of carbonyl (C=O) groups excluding carboxylic acids is 1. The molecule has 1 aromatic carbocycles. The minimum atomic E-state index is 0.226. The van der Waals surface area contributed by atoms with Crippen LogP contribution in [0.25, 0.3) is 0 Å². The number of benzene rings is 1. The van der Waals surface area contributed by atoms with Crippen molar-refractivity contribution >= 4 is 29.3 Å². The Morgan fingerprint density at radius 2 is 1.94 bits per heavy atom. The van der Waals surface area contributed by atoms with E-state index in [0.717, 1.165) is 35.8 Å². The van der Waals surface area contributed by atoms with Gasteiger partial charge in [-0.2, -0.15) is 11.8 Å². The zero-order chi connectivity index (χ0) is 12.8. The van der Waals surface area contributed by atoms with Gasteiger partial charge < -0.3 is 5.32 Å². The first-order valence-electron chi connectivity index (χ1n) is 6.35. The largest absolute Gasteiger partial charge is 0.356 e. The van der Waals surface area contributed by atoms with Crippen LogP contribution in [-0.4, -0.2) is 24.0 Å². The second-order valence-electron chi connectivity index (χ2n) is 4.55. The van der Waals surface area contributed by atoms with Gasteiger partial charge in [0.25, 0.3) is 0 Å². The molecular formula is C14H18ClNOS. The van der Waals surface area contributed by atoms with Gasteiger partial charge in [0.2, 0.25) is 5.91 Å². The number of hydrogen-bond acceptors (Lipinski definition) is 2. The van der Waals surface area contributed by atoms with Crippen molar-refractivity contribution in [3.05, 3.63) is 34.9 Å². The average molecular weight is 284 g/mol. The number of rotatable bonds is 4. The lowest BCUT2D eigenvalue weighted by molar-refractivity contribution is -0.125. The highest BCUT2D eigenvalue weighted by Gasteiger charge is 2.20. The van der Waals surface area contributed by atoms with Crippen molar-refractivity contribution in [2.75, 3.05) is 18.1 Å². The van der Waals surface area contributed by atoms with Crippen molar-refractivity contribution in [1.82, 2.24) is 5.32 Å². The van der Waals surface area contributed by atoms with Crippen molar-refractivity contribution in [3.63, 3.8) is 0 Å². The molecule has 0 saturated carbocycles. The van der Waals surface area contributed by atoms with Crippen molar-refractivity contribution < 1.29 is 4.79 Å². The summed E-state index contributed by atoms with van der Waals surface area (Å²) < 4.78 is 0. The number of amides is 1. The van der Waals surface area contributed by atoms with E-state index in [-0.39, 0.29) is 11.8 Å². The highest BCUT2D eigenvalue weighted by atomic mass is 35.5. The third kappa shape index (κ3) is 4.21. The highest BCUT2D eigenvalue weighted by molar-refractivity contribution is 7.99. The van der Waals surface area contributed by atoms with Crippen LogP contribution in [0.15, 0.2) is 24.3 Å². The number of nitrogens with one attached hydrogen (secondary N) is 1. The quantitative estimate of drug-likeness (QED) is 0.920. The van der Waals surface area contributed by atoms with Gasteiger partial charge in [-0.15, -0.1) is 0 Å². The Balaban J connectivity index is 1.71. The lowest BCUT2D eigenvalue weighted by Gasteiger charge is -2.20. The van der Waals surface area contributed by atoms with E-state index in [4.69, 9.17) is 11.6 Å². The molecule has 0 bridgehead atoms. The third-order valence-corrected chi connectivity index (χ3v) is 4.52. The Morgan fingerprint density at radius 3 is 2.61 bits per heavy atom. The summed E-state index contributed by atoms with van der Waals surface area (Å²) in [5, 5.41) is 3.79. The lowest BCUT2D eigenvalue weighted by Crippen LogP contribution is -2.34. The molecule has 1 aromatic rings. The fraction of sp³-hybridized carbons (Fsp3) is 0.500. The van der Waals surface area contributed by atoms with Crippen LogP contribution in [0.4, 0.5) is 0 Å². The topological polar surface area (TPSA) is 29.1 Å². The molecule has 0 aliphatic carbocycles. The van der Waals surface area contributed by atoms with Crippen LogP contribution >= 0.6 is 23.4 Å². The predicted octanol–water partition coefficient (Wildman–Crippen LogP) is 3.14. The summed E-state index contributed by atoms with van der Waals surface area (Å²) in [5.74, 6) is 2.70. The van der Waals surface area contributed by atoms with Gasteiger partial charge in [0.05, 0.1) is 0 Å². The summed E-state index contributed by atoms with van der Waals surface area (Å²) in [5.41, 5.74) is 1.21. The number of thioether (sulfide) groups is 1. The van der Waals surface area contributed by atoms with Crippen LogP contribution < -0.4 is 5.32 Å². The molecule has 2 nitrogen and oxygen atoms in total. The van der Waals surface area contributed by atoms with Crippen LogP contribution in [0, 0.1) is 5.92 Å². The van der Waals surface area contributed by atoms with Gasteiger partial charge >= 0.3 is 0 Å². The summed E-state index contributed by atoms with van der Waals surface area (Å²) in [7, 11) is 0. The van der Waals surface area contributed by atoms with E-state index in [1.807, 2.05) is 36.0 Å². The van der Waals surface area contributed by atoms with E-state index in [2.05, 4.69) is 5.32 Å². The van der Waals surface area contributed by atoms with Crippen LogP contribution in [0.5, 0.6) is 0 Å².